The first-order valence-corrected chi connectivity index (χ1v) is 13.1. The summed E-state index contributed by atoms with van der Waals surface area (Å²) in [6.07, 6.45) is 0. The highest BCUT2D eigenvalue weighted by atomic mass is 35.5. The number of thioether (sulfide) groups is 1. The van der Waals surface area contributed by atoms with Crippen molar-refractivity contribution in [1.82, 2.24) is 4.90 Å². The third kappa shape index (κ3) is 2.89. The smallest absolute Gasteiger partial charge is 0.250 e. The molecule has 176 valence electrons. The summed E-state index contributed by atoms with van der Waals surface area (Å²) in [7, 11) is 0. The molecule has 0 aromatic heterocycles. The van der Waals surface area contributed by atoms with E-state index in [-0.39, 0.29) is 30.4 Å². The maximum absolute atomic E-state index is 14.5. The van der Waals surface area contributed by atoms with Crippen molar-refractivity contribution in [2.24, 2.45) is 5.92 Å². The number of hydrogen-bond donors (Lipinski definition) is 1. The number of anilines is 1. The Morgan fingerprint density at radius 1 is 1.06 bits per heavy atom. The fourth-order valence-electron chi connectivity index (χ4n) is 6.33. The van der Waals surface area contributed by atoms with Gasteiger partial charge < -0.3 is 14.8 Å². The second kappa shape index (κ2) is 7.75. The zero-order valence-corrected chi connectivity index (χ0v) is 20.1. The SMILES string of the molecule is O=C(c1ccc2c(c1)OCO2)[C@@H]1[C@H](c2ccccc2)[C@H]2CSCN2[C@]12C(=O)Nc1ccc(Cl)cc12. The molecule has 1 amide bonds. The zero-order chi connectivity index (χ0) is 23.7. The molecule has 4 aliphatic heterocycles. The van der Waals surface area contributed by atoms with Crippen molar-refractivity contribution in [2.75, 3.05) is 23.7 Å². The van der Waals surface area contributed by atoms with Crippen LogP contribution in [0.15, 0.2) is 66.7 Å². The topological polar surface area (TPSA) is 67.9 Å². The molecule has 2 saturated heterocycles. The molecular formula is C27H21ClN2O4S. The quantitative estimate of drug-likeness (QED) is 0.512. The monoisotopic (exact) mass is 504 g/mol. The van der Waals surface area contributed by atoms with Crippen LogP contribution in [0.2, 0.25) is 5.02 Å². The van der Waals surface area contributed by atoms with Crippen molar-refractivity contribution in [2.45, 2.75) is 17.5 Å². The Morgan fingerprint density at radius 2 is 1.89 bits per heavy atom. The number of carbonyl (C=O) groups is 2. The molecule has 35 heavy (non-hydrogen) atoms. The lowest BCUT2D eigenvalue weighted by Crippen LogP contribution is -2.52. The van der Waals surface area contributed by atoms with E-state index in [9.17, 15) is 9.59 Å². The summed E-state index contributed by atoms with van der Waals surface area (Å²) in [5.74, 6) is 1.62. The lowest BCUT2D eigenvalue weighted by molar-refractivity contribution is -0.127. The number of fused-ring (bicyclic) bond motifs is 5. The second-order valence-corrected chi connectivity index (χ2v) is 10.7. The summed E-state index contributed by atoms with van der Waals surface area (Å²) in [4.78, 5) is 30.8. The van der Waals surface area contributed by atoms with E-state index in [4.69, 9.17) is 21.1 Å². The van der Waals surface area contributed by atoms with Gasteiger partial charge in [0.1, 0.15) is 5.54 Å². The van der Waals surface area contributed by atoms with Gasteiger partial charge in [0.15, 0.2) is 17.3 Å². The number of nitrogens with one attached hydrogen (secondary N) is 1. The molecule has 0 radical (unpaired) electrons. The van der Waals surface area contributed by atoms with Gasteiger partial charge in [0.05, 0.1) is 5.92 Å². The van der Waals surface area contributed by atoms with Gasteiger partial charge in [0.25, 0.3) is 0 Å². The third-order valence-corrected chi connectivity index (χ3v) is 8.98. The van der Waals surface area contributed by atoms with Crippen molar-refractivity contribution in [3.05, 3.63) is 88.4 Å². The molecule has 4 aliphatic rings. The Kier molecular flexibility index (Phi) is 4.72. The first kappa shape index (κ1) is 21.3. The van der Waals surface area contributed by atoms with Crippen LogP contribution in [0.25, 0.3) is 0 Å². The number of ether oxygens (including phenoxy) is 2. The maximum atomic E-state index is 14.5. The molecule has 4 heterocycles. The van der Waals surface area contributed by atoms with Gasteiger partial charge in [-0.25, -0.2) is 0 Å². The average Bonchev–Trinajstić information content (AvgIpc) is 3.63. The molecule has 4 atom stereocenters. The number of benzene rings is 3. The fourth-order valence-corrected chi connectivity index (χ4v) is 7.82. The fraction of sp³-hybridized carbons (Fsp3) is 0.259. The van der Waals surface area contributed by atoms with E-state index < -0.39 is 11.5 Å². The number of amides is 1. The van der Waals surface area contributed by atoms with E-state index in [0.717, 1.165) is 16.9 Å². The van der Waals surface area contributed by atoms with E-state index in [1.807, 2.05) is 30.3 Å². The Morgan fingerprint density at radius 3 is 2.74 bits per heavy atom. The van der Waals surface area contributed by atoms with Crippen LogP contribution in [0.1, 0.15) is 27.4 Å². The maximum Gasteiger partial charge on any atom is 0.250 e. The number of carbonyl (C=O) groups excluding carboxylic acids is 2. The Hall–Kier alpha value is -3.00. The van der Waals surface area contributed by atoms with Crippen molar-refractivity contribution in [3.8, 4) is 11.5 Å². The lowest BCUT2D eigenvalue weighted by atomic mass is 9.69. The highest BCUT2D eigenvalue weighted by Gasteiger charge is 2.69. The van der Waals surface area contributed by atoms with E-state index in [0.29, 0.717) is 33.6 Å². The van der Waals surface area contributed by atoms with Gasteiger partial charge in [-0.1, -0.05) is 41.9 Å². The largest absolute Gasteiger partial charge is 0.454 e. The number of hydrogen-bond acceptors (Lipinski definition) is 6. The van der Waals surface area contributed by atoms with Crippen molar-refractivity contribution in [1.29, 1.82) is 0 Å². The number of Topliss-reactive ketones (excluding diaryl/α,β-unsaturated/α-hetero) is 1. The molecule has 1 spiro atoms. The minimum atomic E-state index is -1.15. The van der Waals surface area contributed by atoms with Gasteiger partial charge in [-0.3, -0.25) is 14.5 Å². The molecule has 0 unspecified atom stereocenters. The van der Waals surface area contributed by atoms with Gasteiger partial charge in [-0.05, 0) is 42.0 Å². The van der Waals surface area contributed by atoms with Crippen LogP contribution >= 0.6 is 23.4 Å². The molecule has 0 bridgehead atoms. The minimum absolute atomic E-state index is 0.0287. The van der Waals surface area contributed by atoms with Crippen LogP contribution in [0, 0.1) is 5.92 Å². The van der Waals surface area contributed by atoms with Gasteiger partial charge in [-0.15, -0.1) is 11.8 Å². The van der Waals surface area contributed by atoms with E-state index in [1.54, 1.807) is 36.0 Å². The molecule has 8 heteroatoms. The van der Waals surface area contributed by atoms with E-state index >= 15 is 0 Å². The van der Waals surface area contributed by atoms with Crippen molar-refractivity contribution >= 4 is 40.7 Å². The van der Waals surface area contributed by atoms with Crippen LogP contribution in [0.3, 0.4) is 0 Å². The highest BCUT2D eigenvalue weighted by Crippen LogP contribution is 2.61. The number of rotatable bonds is 3. The van der Waals surface area contributed by atoms with Crippen molar-refractivity contribution in [3.63, 3.8) is 0 Å². The standard InChI is InChI=1S/C27H21ClN2O4S/c28-17-7-8-19-18(11-17)27(26(32)29-19)24(25(31)16-6-9-21-22(10-16)34-14-33-21)23(15-4-2-1-3-5-15)20-12-35-13-30(20)27/h1-11,20,23-24H,12-14H2,(H,29,32)/t20-,23-,24+,27+/m1/s1. The first-order chi connectivity index (χ1) is 17.1. The van der Waals surface area contributed by atoms with Gasteiger partial charge in [-0.2, -0.15) is 0 Å². The summed E-state index contributed by atoms with van der Waals surface area (Å²) in [5, 5.41) is 3.62. The third-order valence-electron chi connectivity index (χ3n) is 7.71. The molecule has 2 fully saturated rings. The Balaban J connectivity index is 1.47. The molecule has 3 aromatic rings. The number of nitrogens with zero attached hydrogens (tertiary/aromatic N) is 1. The molecule has 0 saturated carbocycles. The van der Waals surface area contributed by atoms with Gasteiger partial charge >= 0.3 is 0 Å². The molecular weight excluding hydrogens is 484 g/mol. The van der Waals surface area contributed by atoms with Gasteiger partial charge in [0, 0.05) is 45.4 Å². The van der Waals surface area contributed by atoms with E-state index in [1.165, 1.54) is 0 Å². The zero-order valence-electron chi connectivity index (χ0n) is 18.6. The Labute approximate surface area is 211 Å². The molecule has 0 aliphatic carbocycles. The van der Waals surface area contributed by atoms with Crippen LogP contribution in [-0.2, 0) is 10.3 Å². The van der Waals surface area contributed by atoms with Crippen LogP contribution in [-0.4, -0.2) is 41.1 Å². The average molecular weight is 505 g/mol. The predicted octanol–water partition coefficient (Wildman–Crippen LogP) is 4.89. The molecule has 3 aromatic carbocycles. The highest BCUT2D eigenvalue weighted by molar-refractivity contribution is 7.99. The summed E-state index contributed by atoms with van der Waals surface area (Å²) in [6.45, 7) is 0.133. The Bertz CT molecular complexity index is 1380. The summed E-state index contributed by atoms with van der Waals surface area (Å²) < 4.78 is 11.0. The lowest BCUT2D eigenvalue weighted by Gasteiger charge is -2.36. The van der Waals surface area contributed by atoms with E-state index in [2.05, 4.69) is 22.3 Å². The molecule has 7 rings (SSSR count). The molecule has 1 N–H and O–H groups in total. The predicted molar refractivity (Wildman–Crippen MR) is 134 cm³/mol. The number of ketones is 1. The van der Waals surface area contributed by atoms with Crippen molar-refractivity contribution < 1.29 is 19.1 Å². The van der Waals surface area contributed by atoms with Gasteiger partial charge in [0.2, 0.25) is 12.7 Å². The molecule has 6 nitrogen and oxygen atoms in total. The normalized spacial score (nSPS) is 28.3. The summed E-state index contributed by atoms with van der Waals surface area (Å²) in [5.41, 5.74) is 1.91. The van der Waals surface area contributed by atoms with Crippen LogP contribution in [0.4, 0.5) is 5.69 Å². The number of halogens is 1. The van der Waals surface area contributed by atoms with Crippen LogP contribution < -0.4 is 14.8 Å². The first-order valence-electron chi connectivity index (χ1n) is 11.5. The summed E-state index contributed by atoms with van der Waals surface area (Å²) in [6, 6.07) is 20.9. The van der Waals surface area contributed by atoms with Crippen LogP contribution in [0.5, 0.6) is 11.5 Å². The summed E-state index contributed by atoms with van der Waals surface area (Å²) >= 11 is 8.26. The second-order valence-electron chi connectivity index (χ2n) is 9.29. The minimum Gasteiger partial charge on any atom is -0.454 e.